The van der Waals surface area contributed by atoms with Crippen LogP contribution in [0.3, 0.4) is 0 Å². The van der Waals surface area contributed by atoms with Crippen LogP contribution in [-0.4, -0.2) is 38.0 Å². The van der Waals surface area contributed by atoms with Gasteiger partial charge in [-0.1, -0.05) is 0 Å². The van der Waals surface area contributed by atoms with Crippen LogP contribution in [0, 0.1) is 0 Å². The van der Waals surface area contributed by atoms with Gasteiger partial charge in [0.15, 0.2) is 0 Å². The zero-order valence-corrected chi connectivity index (χ0v) is 12.9. The van der Waals surface area contributed by atoms with Crippen LogP contribution >= 0.6 is 0 Å². The van der Waals surface area contributed by atoms with Crippen LogP contribution < -0.4 is 21.3 Å². The van der Waals surface area contributed by atoms with Gasteiger partial charge in [-0.3, -0.25) is 9.59 Å². The summed E-state index contributed by atoms with van der Waals surface area (Å²) in [4.78, 5) is 24.9. The minimum absolute atomic E-state index is 0.160. The Bertz CT molecular complexity index is 498. The number of benzene rings is 1. The molecule has 0 fully saturated rings. The number of rotatable bonds is 8. The largest absolute Gasteiger partial charge is 0.384 e. The molecule has 0 spiro atoms. The van der Waals surface area contributed by atoms with Crippen molar-refractivity contribution in [2.24, 2.45) is 5.73 Å². The van der Waals surface area contributed by atoms with Crippen molar-refractivity contribution < 1.29 is 9.59 Å². The van der Waals surface area contributed by atoms with Crippen LogP contribution in [0.15, 0.2) is 18.2 Å². The molecular weight excluding hydrogens is 268 g/mol. The number of nitrogens with zero attached hydrogens (tertiary/aromatic N) is 1. The molecule has 0 aromatic heterocycles. The lowest BCUT2D eigenvalue weighted by molar-refractivity contribution is -0.117. The van der Waals surface area contributed by atoms with Gasteiger partial charge in [0.05, 0.1) is 17.9 Å². The summed E-state index contributed by atoms with van der Waals surface area (Å²) in [5.41, 5.74) is 7.50. The number of primary amides is 1. The van der Waals surface area contributed by atoms with E-state index in [9.17, 15) is 9.59 Å². The average molecular weight is 292 g/mol. The van der Waals surface area contributed by atoms with Crippen LogP contribution in [0.25, 0.3) is 0 Å². The molecule has 4 N–H and O–H groups in total. The predicted molar refractivity (Wildman–Crippen MR) is 85.7 cm³/mol. The van der Waals surface area contributed by atoms with Crippen LogP contribution in [-0.2, 0) is 4.79 Å². The third-order valence-corrected chi connectivity index (χ3v) is 3.15. The Labute approximate surface area is 125 Å². The molecule has 116 valence electrons. The first-order chi connectivity index (χ1) is 10.0. The normalized spacial score (nSPS) is 10.0. The number of nitrogens with one attached hydrogen (secondary N) is 2. The molecule has 0 aliphatic rings. The molecule has 1 rings (SSSR count). The van der Waals surface area contributed by atoms with Crippen molar-refractivity contribution in [1.82, 2.24) is 5.32 Å². The maximum Gasteiger partial charge on any atom is 0.251 e. The van der Waals surface area contributed by atoms with E-state index in [0.29, 0.717) is 5.56 Å². The third kappa shape index (κ3) is 4.66. The highest BCUT2D eigenvalue weighted by Gasteiger charge is 2.12. The lowest BCUT2D eigenvalue weighted by Crippen LogP contribution is -2.33. The lowest BCUT2D eigenvalue weighted by Gasteiger charge is -2.25. The highest BCUT2D eigenvalue weighted by atomic mass is 16.2. The van der Waals surface area contributed by atoms with E-state index in [4.69, 9.17) is 5.73 Å². The van der Waals surface area contributed by atoms with Crippen molar-refractivity contribution in [2.45, 2.75) is 20.8 Å². The van der Waals surface area contributed by atoms with Gasteiger partial charge in [-0.15, -0.1) is 0 Å². The summed E-state index contributed by atoms with van der Waals surface area (Å²) < 4.78 is 0. The Morgan fingerprint density at radius 2 is 1.86 bits per heavy atom. The predicted octanol–water partition coefficient (Wildman–Crippen LogP) is 1.18. The molecule has 0 unspecified atom stereocenters. The molecular formula is C15H24N4O2. The lowest BCUT2D eigenvalue weighted by atomic mass is 10.1. The summed E-state index contributed by atoms with van der Waals surface area (Å²) in [6, 6.07) is 5.47. The van der Waals surface area contributed by atoms with E-state index in [0.717, 1.165) is 31.0 Å². The van der Waals surface area contributed by atoms with Crippen molar-refractivity contribution in [1.29, 1.82) is 0 Å². The van der Waals surface area contributed by atoms with Gasteiger partial charge in [-0.05, 0) is 39.0 Å². The number of hydrogen-bond donors (Lipinski definition) is 3. The van der Waals surface area contributed by atoms with Crippen molar-refractivity contribution >= 4 is 23.2 Å². The molecule has 1 aromatic carbocycles. The van der Waals surface area contributed by atoms with Gasteiger partial charge in [0, 0.05) is 25.2 Å². The summed E-state index contributed by atoms with van der Waals surface area (Å²) in [7, 11) is 0. The Kier molecular flexibility index (Phi) is 6.52. The van der Waals surface area contributed by atoms with Gasteiger partial charge in [-0.25, -0.2) is 0 Å². The van der Waals surface area contributed by atoms with E-state index in [1.165, 1.54) is 0 Å². The molecule has 0 radical (unpaired) electrons. The van der Waals surface area contributed by atoms with Crippen molar-refractivity contribution in [3.63, 3.8) is 0 Å². The molecule has 6 heteroatoms. The molecule has 0 atom stereocenters. The SMILES string of the molecule is CCNc1cc(C(=O)NCC(N)=O)ccc1N(CC)CC. The van der Waals surface area contributed by atoms with Gasteiger partial charge in [0.2, 0.25) is 5.91 Å². The molecule has 0 aliphatic carbocycles. The van der Waals surface area contributed by atoms with Crippen LogP contribution in [0.2, 0.25) is 0 Å². The van der Waals surface area contributed by atoms with Gasteiger partial charge >= 0.3 is 0 Å². The fourth-order valence-corrected chi connectivity index (χ4v) is 2.12. The average Bonchev–Trinajstić information content (AvgIpc) is 2.47. The molecule has 0 saturated heterocycles. The molecule has 1 aromatic rings. The number of anilines is 2. The maximum atomic E-state index is 12.0. The maximum absolute atomic E-state index is 12.0. The van der Waals surface area contributed by atoms with Crippen LogP contribution in [0.5, 0.6) is 0 Å². The van der Waals surface area contributed by atoms with Gasteiger partial charge in [0.1, 0.15) is 0 Å². The summed E-state index contributed by atoms with van der Waals surface area (Å²) in [6.07, 6.45) is 0. The summed E-state index contributed by atoms with van der Waals surface area (Å²) in [5, 5.41) is 5.76. The fraction of sp³-hybridized carbons (Fsp3) is 0.467. The summed E-state index contributed by atoms with van der Waals surface area (Å²) in [5.74, 6) is -0.867. The number of hydrogen-bond acceptors (Lipinski definition) is 4. The van der Waals surface area contributed by atoms with Gasteiger partial charge < -0.3 is 21.3 Å². The van der Waals surface area contributed by atoms with Crippen molar-refractivity contribution in [3.8, 4) is 0 Å². The smallest absolute Gasteiger partial charge is 0.251 e. The minimum Gasteiger partial charge on any atom is -0.384 e. The van der Waals surface area contributed by atoms with Crippen molar-refractivity contribution in [2.75, 3.05) is 36.4 Å². The molecule has 0 aliphatic heterocycles. The van der Waals surface area contributed by atoms with Crippen molar-refractivity contribution in [3.05, 3.63) is 23.8 Å². The zero-order valence-electron chi connectivity index (χ0n) is 12.9. The molecule has 21 heavy (non-hydrogen) atoms. The Balaban J connectivity index is 3.01. The highest BCUT2D eigenvalue weighted by Crippen LogP contribution is 2.27. The number of amides is 2. The monoisotopic (exact) mass is 292 g/mol. The van der Waals surface area contributed by atoms with E-state index in [1.807, 2.05) is 13.0 Å². The Morgan fingerprint density at radius 3 is 2.38 bits per heavy atom. The Hall–Kier alpha value is -2.24. The third-order valence-electron chi connectivity index (χ3n) is 3.15. The second-order valence-electron chi connectivity index (χ2n) is 4.58. The zero-order chi connectivity index (χ0) is 15.8. The van der Waals surface area contributed by atoms with E-state index in [1.54, 1.807) is 12.1 Å². The molecule has 0 bridgehead atoms. The van der Waals surface area contributed by atoms with E-state index >= 15 is 0 Å². The van der Waals surface area contributed by atoms with Gasteiger partial charge in [0.25, 0.3) is 5.91 Å². The van der Waals surface area contributed by atoms with E-state index in [2.05, 4.69) is 29.4 Å². The van der Waals surface area contributed by atoms with Crippen LogP contribution in [0.1, 0.15) is 31.1 Å². The molecule has 2 amide bonds. The summed E-state index contributed by atoms with van der Waals surface area (Å²) >= 11 is 0. The first kappa shape index (κ1) is 16.8. The first-order valence-corrected chi connectivity index (χ1v) is 7.22. The van der Waals surface area contributed by atoms with Crippen LogP contribution in [0.4, 0.5) is 11.4 Å². The molecule has 0 saturated carbocycles. The second kappa shape index (κ2) is 8.14. The highest BCUT2D eigenvalue weighted by molar-refractivity contribution is 5.98. The topological polar surface area (TPSA) is 87.5 Å². The quantitative estimate of drug-likeness (QED) is 0.671. The number of carbonyl (C=O) groups excluding carboxylic acids is 2. The first-order valence-electron chi connectivity index (χ1n) is 7.22. The number of carbonyl (C=O) groups is 2. The minimum atomic E-state index is -0.560. The van der Waals surface area contributed by atoms with E-state index < -0.39 is 5.91 Å². The Morgan fingerprint density at radius 1 is 1.19 bits per heavy atom. The summed E-state index contributed by atoms with van der Waals surface area (Å²) in [6.45, 7) is 8.57. The standard InChI is InChI=1S/C15H24N4O2/c1-4-17-12-9-11(15(21)18-10-14(16)20)7-8-13(12)19(5-2)6-3/h7-9,17H,4-6,10H2,1-3H3,(H2,16,20)(H,18,21). The molecule has 6 nitrogen and oxygen atoms in total. The van der Waals surface area contributed by atoms with E-state index in [-0.39, 0.29) is 12.5 Å². The second-order valence-corrected chi connectivity index (χ2v) is 4.58. The fourth-order valence-electron chi connectivity index (χ4n) is 2.12. The number of nitrogens with two attached hydrogens (primary N) is 1. The van der Waals surface area contributed by atoms with Gasteiger partial charge in [-0.2, -0.15) is 0 Å². The molecule has 0 heterocycles.